The van der Waals surface area contributed by atoms with E-state index in [0.29, 0.717) is 0 Å². The van der Waals surface area contributed by atoms with E-state index in [-0.39, 0.29) is 57.9 Å². The number of nitrogens with zero attached hydrogens (tertiary/aromatic N) is 5. The summed E-state index contributed by atoms with van der Waals surface area (Å²) in [5.74, 6) is -2.40. The monoisotopic (exact) mass is 555 g/mol. The summed E-state index contributed by atoms with van der Waals surface area (Å²) in [6.45, 7) is 2.96. The molecule has 0 saturated carbocycles. The maximum Gasteiger partial charge on any atom is 0.253 e. The first kappa shape index (κ1) is 26.3. The predicted octanol–water partition coefficient (Wildman–Crippen LogP) is 3.20. The highest BCUT2D eigenvalue weighted by atomic mass is 35.5. The molecule has 11 nitrogen and oxygen atoms in total. The van der Waals surface area contributed by atoms with Gasteiger partial charge in [0.25, 0.3) is 11.8 Å². The molecule has 1 aliphatic heterocycles. The molecule has 1 fully saturated rings. The van der Waals surface area contributed by atoms with Gasteiger partial charge in [0.15, 0.2) is 5.54 Å². The smallest absolute Gasteiger partial charge is 0.253 e. The molecule has 0 radical (unpaired) electrons. The van der Waals surface area contributed by atoms with Gasteiger partial charge in [0.05, 0.1) is 48.5 Å². The van der Waals surface area contributed by atoms with Crippen molar-refractivity contribution in [2.24, 2.45) is 0 Å². The van der Waals surface area contributed by atoms with Gasteiger partial charge in [0.2, 0.25) is 11.7 Å². The van der Waals surface area contributed by atoms with E-state index in [4.69, 9.17) is 20.9 Å². The minimum absolute atomic E-state index is 0.0283. The van der Waals surface area contributed by atoms with E-state index < -0.39 is 35.0 Å². The molecule has 14 heteroatoms. The number of ether oxygens (including phenoxy) is 1. The molecule has 5 rings (SSSR count). The zero-order valence-corrected chi connectivity index (χ0v) is 21.3. The molecule has 3 aromatic heterocycles. The first-order chi connectivity index (χ1) is 18.7. The van der Waals surface area contributed by atoms with Crippen LogP contribution < -0.4 is 10.6 Å². The van der Waals surface area contributed by atoms with E-state index in [9.17, 15) is 14.0 Å². The van der Waals surface area contributed by atoms with Crippen molar-refractivity contribution >= 4 is 23.4 Å². The van der Waals surface area contributed by atoms with Crippen LogP contribution in [0.15, 0.2) is 47.4 Å². The van der Waals surface area contributed by atoms with Crippen molar-refractivity contribution in [2.75, 3.05) is 13.2 Å². The molecule has 1 atom stereocenters. The Morgan fingerprint density at radius 1 is 1.13 bits per heavy atom. The summed E-state index contributed by atoms with van der Waals surface area (Å²) in [6.07, 6.45) is 3.94. The Balaban J connectivity index is 1.37. The highest BCUT2D eigenvalue weighted by Gasteiger charge is 2.48. The summed E-state index contributed by atoms with van der Waals surface area (Å²) in [7, 11) is 0. The Hall–Kier alpha value is -4.36. The minimum Gasteiger partial charge on any atom is -0.375 e. The lowest BCUT2D eigenvalue weighted by Crippen LogP contribution is -2.70. The van der Waals surface area contributed by atoms with Gasteiger partial charge >= 0.3 is 0 Å². The number of carbonyl (C=O) groups excluding carboxylic acids is 2. The van der Waals surface area contributed by atoms with Crippen molar-refractivity contribution in [3.63, 3.8) is 0 Å². The molecule has 1 aromatic carbocycles. The molecule has 39 heavy (non-hydrogen) atoms. The Labute approximate surface area is 224 Å². The molecule has 1 aliphatic rings. The summed E-state index contributed by atoms with van der Waals surface area (Å²) in [5.41, 5.74) is -0.829. The van der Waals surface area contributed by atoms with E-state index in [2.05, 4.69) is 36.0 Å². The topological polar surface area (TPSA) is 145 Å². The Morgan fingerprint density at radius 2 is 1.92 bits per heavy atom. The van der Waals surface area contributed by atoms with Gasteiger partial charge in [-0.25, -0.2) is 8.78 Å². The largest absolute Gasteiger partial charge is 0.375 e. The highest BCUT2D eigenvalue weighted by molar-refractivity contribution is 6.31. The van der Waals surface area contributed by atoms with E-state index in [0.717, 1.165) is 12.1 Å². The maximum absolute atomic E-state index is 15.3. The quantitative estimate of drug-likeness (QED) is 0.351. The molecule has 4 aromatic rings. The van der Waals surface area contributed by atoms with Crippen molar-refractivity contribution in [3.05, 3.63) is 76.7 Å². The number of hydrogen-bond acceptors (Lipinski definition) is 9. The molecule has 0 spiro atoms. The normalized spacial score (nSPS) is 14.8. The third-order valence-electron chi connectivity index (χ3n) is 6.08. The van der Waals surface area contributed by atoms with Crippen molar-refractivity contribution in [1.82, 2.24) is 36.0 Å². The van der Waals surface area contributed by atoms with Gasteiger partial charge in [-0.05, 0) is 36.8 Å². The van der Waals surface area contributed by atoms with Gasteiger partial charge < -0.3 is 19.9 Å². The molecule has 1 saturated heterocycles. The number of aromatic nitrogens is 5. The zero-order chi connectivity index (χ0) is 27.7. The maximum atomic E-state index is 15.3. The van der Waals surface area contributed by atoms with Crippen LogP contribution in [-0.4, -0.2) is 55.9 Å². The van der Waals surface area contributed by atoms with Crippen molar-refractivity contribution in [3.8, 4) is 22.5 Å². The molecule has 1 unspecified atom stereocenters. The van der Waals surface area contributed by atoms with Crippen LogP contribution in [0.2, 0.25) is 5.02 Å². The van der Waals surface area contributed by atoms with E-state index in [1.165, 1.54) is 37.6 Å². The standard InChI is InChI=1S/C25H20ClF2N7O4/c1-12(32-24(37)25(10-38-11-25)34-23(36)14-3-4-30-31-9-14)21-19(28)5-15(8-29-21)17-6-16(26)7-18(27)20(17)22-33-13(2)39-35-22/h3-9,12H,10-11H2,1-2H3,(H,32,37)(H,34,36). The molecule has 4 heterocycles. The van der Waals surface area contributed by atoms with E-state index >= 15 is 4.39 Å². The van der Waals surface area contributed by atoms with Crippen LogP contribution >= 0.6 is 11.6 Å². The van der Waals surface area contributed by atoms with Crippen LogP contribution in [0.3, 0.4) is 0 Å². The SMILES string of the molecule is Cc1nc(-c2c(F)cc(Cl)cc2-c2cnc(C(C)NC(=O)C3(NC(=O)c4ccnnc4)COC3)c(F)c2)no1. The minimum atomic E-state index is -1.35. The third kappa shape index (κ3) is 5.18. The van der Waals surface area contributed by atoms with Gasteiger partial charge in [-0.3, -0.25) is 14.6 Å². The number of hydrogen-bond donors (Lipinski definition) is 2. The number of carbonyl (C=O) groups is 2. The number of benzene rings is 1. The van der Waals surface area contributed by atoms with Crippen LogP contribution in [0.4, 0.5) is 8.78 Å². The van der Waals surface area contributed by atoms with Crippen molar-refractivity contribution in [1.29, 1.82) is 0 Å². The van der Waals surface area contributed by atoms with Crippen LogP contribution in [-0.2, 0) is 9.53 Å². The predicted molar refractivity (Wildman–Crippen MR) is 132 cm³/mol. The second-order valence-electron chi connectivity index (χ2n) is 8.89. The van der Waals surface area contributed by atoms with E-state index in [1.807, 2.05) is 0 Å². The molecule has 0 bridgehead atoms. The number of nitrogens with one attached hydrogen (secondary N) is 2. The highest BCUT2D eigenvalue weighted by Crippen LogP contribution is 2.36. The average Bonchev–Trinajstić information content (AvgIpc) is 3.31. The van der Waals surface area contributed by atoms with Crippen molar-refractivity contribution < 1.29 is 27.6 Å². The Kier molecular flexibility index (Phi) is 7.02. The molecular formula is C25H20ClF2N7O4. The summed E-state index contributed by atoms with van der Waals surface area (Å²) in [5, 5.41) is 16.4. The number of rotatable bonds is 7. The first-order valence-corrected chi connectivity index (χ1v) is 12.0. The lowest BCUT2D eigenvalue weighted by Gasteiger charge is -2.40. The van der Waals surface area contributed by atoms with Gasteiger partial charge in [-0.1, -0.05) is 16.8 Å². The van der Waals surface area contributed by atoms with Gasteiger partial charge in [0, 0.05) is 23.7 Å². The van der Waals surface area contributed by atoms with E-state index in [1.54, 1.807) is 6.92 Å². The second kappa shape index (κ2) is 10.4. The van der Waals surface area contributed by atoms with Gasteiger partial charge in [-0.15, -0.1) is 0 Å². The number of amides is 2. The lowest BCUT2D eigenvalue weighted by atomic mass is 9.94. The van der Waals surface area contributed by atoms with Gasteiger partial charge in [0.1, 0.15) is 11.6 Å². The molecule has 0 aliphatic carbocycles. The number of pyridine rings is 1. The summed E-state index contributed by atoms with van der Waals surface area (Å²) < 4.78 is 40.3. The lowest BCUT2D eigenvalue weighted by molar-refractivity contribution is -0.147. The Morgan fingerprint density at radius 3 is 2.54 bits per heavy atom. The van der Waals surface area contributed by atoms with Crippen molar-refractivity contribution in [2.45, 2.75) is 25.4 Å². The zero-order valence-electron chi connectivity index (χ0n) is 20.5. The fourth-order valence-electron chi connectivity index (χ4n) is 4.03. The summed E-state index contributed by atoms with van der Waals surface area (Å²) in [6, 6.07) is 4.24. The second-order valence-corrected chi connectivity index (χ2v) is 9.33. The fourth-order valence-corrected chi connectivity index (χ4v) is 4.23. The van der Waals surface area contributed by atoms with Crippen LogP contribution in [0.5, 0.6) is 0 Å². The third-order valence-corrected chi connectivity index (χ3v) is 6.29. The van der Waals surface area contributed by atoms with Crippen LogP contribution in [0, 0.1) is 18.6 Å². The summed E-state index contributed by atoms with van der Waals surface area (Å²) >= 11 is 6.07. The average molecular weight is 556 g/mol. The summed E-state index contributed by atoms with van der Waals surface area (Å²) in [4.78, 5) is 33.9. The van der Waals surface area contributed by atoms with Gasteiger partial charge in [-0.2, -0.15) is 15.2 Å². The Bertz CT molecular complexity index is 1560. The molecule has 200 valence electrons. The molecule has 2 amide bonds. The molecule has 2 N–H and O–H groups in total. The first-order valence-electron chi connectivity index (χ1n) is 11.6. The van der Waals surface area contributed by atoms with Crippen LogP contribution in [0.1, 0.15) is 34.9 Å². The fraction of sp³-hybridized carbons (Fsp3) is 0.240. The number of halogens is 3. The van der Waals surface area contributed by atoms with Crippen LogP contribution in [0.25, 0.3) is 22.5 Å². The molecular weight excluding hydrogens is 536 g/mol. The number of aryl methyl sites for hydroxylation is 1.